The Labute approximate surface area is 145 Å². The van der Waals surface area contributed by atoms with Crippen molar-refractivity contribution in [3.63, 3.8) is 0 Å². The number of morpholine rings is 1. The molecule has 0 bridgehead atoms. The van der Waals surface area contributed by atoms with Crippen LogP contribution >= 0.6 is 11.6 Å². The standard InChI is InChI=1S/C17H19ClN4O2/c1-12-2-3-15-13(8-12)9-14(17(18)20-15)10-19-21-16(23)11-22-4-6-24-7-5-22/h2-3,8-10H,4-7,11H2,1H3,(H,21,23)/p+1/b19-10-. The van der Waals surface area contributed by atoms with E-state index < -0.39 is 0 Å². The monoisotopic (exact) mass is 347 g/mol. The zero-order valence-corrected chi connectivity index (χ0v) is 14.3. The van der Waals surface area contributed by atoms with Gasteiger partial charge in [-0.25, -0.2) is 10.4 Å². The van der Waals surface area contributed by atoms with Crippen molar-refractivity contribution >= 4 is 34.6 Å². The molecule has 0 unspecified atom stereocenters. The summed E-state index contributed by atoms with van der Waals surface area (Å²) < 4.78 is 5.27. The molecule has 0 aliphatic carbocycles. The predicted molar refractivity (Wildman–Crippen MR) is 93.6 cm³/mol. The van der Waals surface area contributed by atoms with Gasteiger partial charge >= 0.3 is 0 Å². The van der Waals surface area contributed by atoms with Crippen molar-refractivity contribution in [1.29, 1.82) is 0 Å². The van der Waals surface area contributed by atoms with Crippen molar-refractivity contribution in [3.8, 4) is 0 Å². The number of aromatic nitrogens is 1. The van der Waals surface area contributed by atoms with Gasteiger partial charge < -0.3 is 9.64 Å². The lowest BCUT2D eigenvalue weighted by Crippen LogP contribution is -3.15. The Hall–Kier alpha value is -2.02. The third-order valence-corrected chi connectivity index (χ3v) is 4.26. The van der Waals surface area contributed by atoms with E-state index in [9.17, 15) is 4.79 Å². The highest BCUT2D eigenvalue weighted by Crippen LogP contribution is 2.20. The van der Waals surface area contributed by atoms with Crippen LogP contribution < -0.4 is 10.3 Å². The average Bonchev–Trinajstić information content (AvgIpc) is 2.56. The van der Waals surface area contributed by atoms with E-state index in [0.717, 1.165) is 29.6 Å². The number of nitrogens with one attached hydrogen (secondary N) is 2. The highest BCUT2D eigenvalue weighted by Gasteiger charge is 2.17. The van der Waals surface area contributed by atoms with Gasteiger partial charge in [0.1, 0.15) is 18.2 Å². The molecule has 2 heterocycles. The van der Waals surface area contributed by atoms with Crippen molar-refractivity contribution in [1.82, 2.24) is 10.4 Å². The molecular weight excluding hydrogens is 328 g/mol. The van der Waals surface area contributed by atoms with Gasteiger partial charge in [-0.3, -0.25) is 4.79 Å². The largest absolute Gasteiger partial charge is 0.370 e. The van der Waals surface area contributed by atoms with Crippen LogP contribution in [-0.4, -0.2) is 50.0 Å². The van der Waals surface area contributed by atoms with Gasteiger partial charge in [0.25, 0.3) is 5.91 Å². The number of hydrazone groups is 1. The van der Waals surface area contributed by atoms with Crippen molar-refractivity contribution in [2.45, 2.75) is 6.92 Å². The van der Waals surface area contributed by atoms with Crippen molar-refractivity contribution in [3.05, 3.63) is 40.5 Å². The van der Waals surface area contributed by atoms with Crippen molar-refractivity contribution < 1.29 is 14.4 Å². The van der Waals surface area contributed by atoms with Crippen LogP contribution in [-0.2, 0) is 9.53 Å². The van der Waals surface area contributed by atoms with E-state index in [0.29, 0.717) is 30.5 Å². The Morgan fingerprint density at radius 2 is 2.21 bits per heavy atom. The van der Waals surface area contributed by atoms with Crippen LogP contribution in [0.3, 0.4) is 0 Å². The topological polar surface area (TPSA) is 68.0 Å². The van der Waals surface area contributed by atoms with Gasteiger partial charge in [-0.1, -0.05) is 23.2 Å². The first-order valence-corrected chi connectivity index (χ1v) is 8.30. The highest BCUT2D eigenvalue weighted by molar-refractivity contribution is 6.32. The van der Waals surface area contributed by atoms with Gasteiger partial charge in [0.05, 0.1) is 24.9 Å². The van der Waals surface area contributed by atoms with E-state index in [1.807, 2.05) is 31.2 Å². The lowest BCUT2D eigenvalue weighted by atomic mass is 10.1. The maximum absolute atomic E-state index is 11.9. The number of rotatable bonds is 4. The van der Waals surface area contributed by atoms with E-state index in [1.165, 1.54) is 11.1 Å². The van der Waals surface area contributed by atoms with E-state index >= 15 is 0 Å². The Bertz CT molecular complexity index is 773. The molecule has 0 radical (unpaired) electrons. The molecule has 0 spiro atoms. The van der Waals surface area contributed by atoms with E-state index in [-0.39, 0.29) is 5.91 Å². The molecule has 1 saturated heterocycles. The molecule has 6 nitrogen and oxygen atoms in total. The molecule has 1 aliphatic heterocycles. The van der Waals surface area contributed by atoms with Gasteiger partial charge in [-0.05, 0) is 25.1 Å². The first-order valence-electron chi connectivity index (χ1n) is 7.92. The summed E-state index contributed by atoms with van der Waals surface area (Å²) in [6.45, 7) is 5.50. The summed E-state index contributed by atoms with van der Waals surface area (Å²) in [5.41, 5.74) is 5.21. The number of ether oxygens (including phenoxy) is 1. The quantitative estimate of drug-likeness (QED) is 0.482. The molecule has 1 aromatic carbocycles. The zero-order chi connectivity index (χ0) is 16.9. The number of amides is 1. The second-order valence-electron chi connectivity index (χ2n) is 5.90. The minimum atomic E-state index is -0.121. The van der Waals surface area contributed by atoms with Gasteiger partial charge in [0.2, 0.25) is 0 Å². The lowest BCUT2D eigenvalue weighted by Gasteiger charge is -2.22. The Balaban J connectivity index is 1.64. The smallest absolute Gasteiger partial charge is 0.295 e. The fourth-order valence-electron chi connectivity index (χ4n) is 2.66. The number of pyridine rings is 1. The molecule has 2 aromatic rings. The molecule has 0 saturated carbocycles. The molecular formula is C17H20ClN4O2+. The van der Waals surface area contributed by atoms with Crippen LogP contribution in [0.2, 0.25) is 5.15 Å². The number of fused-ring (bicyclic) bond motifs is 1. The molecule has 1 amide bonds. The zero-order valence-electron chi connectivity index (χ0n) is 13.5. The van der Waals surface area contributed by atoms with Crippen molar-refractivity contribution in [2.24, 2.45) is 5.10 Å². The van der Waals surface area contributed by atoms with Crippen LogP contribution in [0.4, 0.5) is 0 Å². The summed E-state index contributed by atoms with van der Waals surface area (Å²) in [7, 11) is 0. The maximum Gasteiger partial charge on any atom is 0.295 e. The molecule has 126 valence electrons. The second kappa shape index (κ2) is 7.70. The normalized spacial score (nSPS) is 15.9. The molecule has 3 rings (SSSR count). The molecule has 1 aromatic heterocycles. The molecule has 1 fully saturated rings. The maximum atomic E-state index is 11.9. The fourth-order valence-corrected chi connectivity index (χ4v) is 2.85. The minimum Gasteiger partial charge on any atom is -0.370 e. The molecule has 2 N–H and O–H groups in total. The Morgan fingerprint density at radius 1 is 1.42 bits per heavy atom. The van der Waals surface area contributed by atoms with E-state index in [2.05, 4.69) is 15.5 Å². The third kappa shape index (κ3) is 4.29. The second-order valence-corrected chi connectivity index (χ2v) is 6.25. The van der Waals surface area contributed by atoms with E-state index in [4.69, 9.17) is 16.3 Å². The number of carbonyl (C=O) groups is 1. The summed E-state index contributed by atoms with van der Waals surface area (Å²) in [4.78, 5) is 17.5. The molecule has 7 heteroatoms. The minimum absolute atomic E-state index is 0.121. The number of quaternary nitrogens is 1. The number of nitrogens with zero attached hydrogens (tertiary/aromatic N) is 2. The SMILES string of the molecule is Cc1ccc2nc(Cl)c(/C=N\NC(=O)C[NH+]3CCOCC3)cc2c1. The first-order chi connectivity index (χ1) is 11.6. The van der Waals surface area contributed by atoms with Crippen LogP contribution in [0.15, 0.2) is 29.4 Å². The van der Waals surface area contributed by atoms with Crippen LogP contribution in [0.25, 0.3) is 10.9 Å². The van der Waals surface area contributed by atoms with E-state index in [1.54, 1.807) is 0 Å². The number of hydrogen-bond acceptors (Lipinski definition) is 4. The summed E-state index contributed by atoms with van der Waals surface area (Å²) in [6, 6.07) is 7.88. The number of halogens is 1. The van der Waals surface area contributed by atoms with Crippen molar-refractivity contribution in [2.75, 3.05) is 32.8 Å². The average molecular weight is 348 g/mol. The number of carbonyl (C=O) groups excluding carboxylic acids is 1. The highest BCUT2D eigenvalue weighted by atomic mass is 35.5. The van der Waals surface area contributed by atoms with Crippen LogP contribution in [0.1, 0.15) is 11.1 Å². The summed E-state index contributed by atoms with van der Waals surface area (Å²) >= 11 is 6.18. The number of aryl methyl sites for hydroxylation is 1. The molecule has 1 aliphatic rings. The van der Waals surface area contributed by atoms with Gasteiger partial charge in [0, 0.05) is 10.9 Å². The lowest BCUT2D eigenvalue weighted by molar-refractivity contribution is -0.900. The number of benzene rings is 1. The number of hydrogen-bond donors (Lipinski definition) is 2. The predicted octanol–water partition coefficient (Wildman–Crippen LogP) is 0.562. The van der Waals surface area contributed by atoms with Crippen LogP contribution in [0.5, 0.6) is 0 Å². The summed E-state index contributed by atoms with van der Waals surface area (Å²) in [5.74, 6) is -0.121. The third-order valence-electron chi connectivity index (χ3n) is 3.95. The Morgan fingerprint density at radius 3 is 3.00 bits per heavy atom. The molecule has 24 heavy (non-hydrogen) atoms. The van der Waals surface area contributed by atoms with Gasteiger partial charge in [-0.2, -0.15) is 5.10 Å². The fraction of sp³-hybridized carbons (Fsp3) is 0.353. The van der Waals surface area contributed by atoms with Gasteiger partial charge in [-0.15, -0.1) is 0 Å². The van der Waals surface area contributed by atoms with Gasteiger partial charge in [0.15, 0.2) is 6.54 Å². The summed E-state index contributed by atoms with van der Waals surface area (Å²) in [6.07, 6.45) is 1.53. The van der Waals surface area contributed by atoms with Crippen LogP contribution in [0, 0.1) is 6.92 Å². The Kier molecular flexibility index (Phi) is 5.40. The first kappa shape index (κ1) is 16.8. The molecule has 0 atom stereocenters. The summed E-state index contributed by atoms with van der Waals surface area (Å²) in [5, 5.41) is 5.36.